The average Bonchev–Trinajstić information content (AvgIpc) is 2.07. The van der Waals surface area contributed by atoms with Gasteiger partial charge in [-0.1, -0.05) is 6.07 Å². The first kappa shape index (κ1) is 11.4. The number of rotatable bonds is 3. The first-order chi connectivity index (χ1) is 6.84. The summed E-state index contributed by atoms with van der Waals surface area (Å²) in [5, 5.41) is 10.2. The van der Waals surface area contributed by atoms with Crippen molar-refractivity contribution in [2.45, 2.75) is 11.8 Å². The van der Waals surface area contributed by atoms with E-state index in [1.807, 2.05) is 0 Å². The molecular formula is C8H10N2O4S. The third kappa shape index (κ3) is 2.44. The highest BCUT2D eigenvalue weighted by molar-refractivity contribution is 7.91. The number of anilines is 1. The second kappa shape index (κ2) is 3.85. The van der Waals surface area contributed by atoms with Crippen LogP contribution in [0.3, 0.4) is 0 Å². The quantitative estimate of drug-likeness (QED) is 0.465. The lowest BCUT2D eigenvalue weighted by Gasteiger charge is -2.06. The zero-order valence-corrected chi connectivity index (χ0v) is 8.82. The topological polar surface area (TPSA) is 103 Å². The second-order valence-electron chi connectivity index (χ2n) is 3.05. The number of hydrogen-bond acceptors (Lipinski definition) is 5. The van der Waals surface area contributed by atoms with E-state index in [1.54, 1.807) is 6.07 Å². The van der Waals surface area contributed by atoms with Crippen molar-refractivity contribution in [3.05, 3.63) is 33.9 Å². The van der Waals surface area contributed by atoms with Gasteiger partial charge in [-0.2, -0.15) is 0 Å². The normalized spacial score (nSPS) is 11.3. The lowest BCUT2D eigenvalue weighted by atomic mass is 10.2. The molecule has 6 nitrogen and oxygen atoms in total. The Labute approximate surface area is 86.8 Å². The van der Waals surface area contributed by atoms with Gasteiger partial charge in [0, 0.05) is 10.6 Å². The van der Waals surface area contributed by atoms with Crippen molar-refractivity contribution >= 4 is 15.5 Å². The summed E-state index contributed by atoms with van der Waals surface area (Å²) < 4.78 is 23.0. The average molecular weight is 230 g/mol. The number of nitro groups is 1. The molecule has 0 radical (unpaired) electrons. The standard InChI is InChI=1S/C8H10N2O4S/c1-6-7(9)3-2-4-8(6)15(13,14)5-10(11)12/h2-4H,5,9H2,1H3. The van der Waals surface area contributed by atoms with E-state index in [1.165, 1.54) is 19.1 Å². The molecule has 0 saturated heterocycles. The molecule has 82 valence electrons. The van der Waals surface area contributed by atoms with Crippen LogP contribution >= 0.6 is 0 Å². The van der Waals surface area contributed by atoms with Gasteiger partial charge in [0.15, 0.2) is 0 Å². The van der Waals surface area contributed by atoms with Crippen LogP contribution < -0.4 is 5.73 Å². The molecule has 0 fully saturated rings. The van der Waals surface area contributed by atoms with Crippen LogP contribution in [-0.2, 0) is 9.84 Å². The predicted octanol–water partition coefficient (Wildman–Crippen LogP) is 0.585. The summed E-state index contributed by atoms with van der Waals surface area (Å²) in [6, 6.07) is 4.31. The summed E-state index contributed by atoms with van der Waals surface area (Å²) in [6.45, 7) is 1.52. The summed E-state index contributed by atoms with van der Waals surface area (Å²) in [7, 11) is -3.89. The Morgan fingerprint density at radius 3 is 2.60 bits per heavy atom. The zero-order chi connectivity index (χ0) is 11.6. The highest BCUT2D eigenvalue weighted by atomic mass is 32.2. The van der Waals surface area contributed by atoms with Gasteiger partial charge < -0.3 is 5.73 Å². The van der Waals surface area contributed by atoms with Crippen LogP contribution in [0.2, 0.25) is 0 Å². The molecule has 0 bridgehead atoms. The summed E-state index contributed by atoms with van der Waals surface area (Å²) in [6.07, 6.45) is 0. The molecule has 1 aromatic carbocycles. The largest absolute Gasteiger partial charge is 0.398 e. The van der Waals surface area contributed by atoms with E-state index >= 15 is 0 Å². The van der Waals surface area contributed by atoms with Gasteiger partial charge >= 0.3 is 5.88 Å². The summed E-state index contributed by atoms with van der Waals surface area (Å²) in [5.41, 5.74) is 6.17. The minimum absolute atomic E-state index is 0.0841. The lowest BCUT2D eigenvalue weighted by Crippen LogP contribution is -2.16. The van der Waals surface area contributed by atoms with E-state index in [2.05, 4.69) is 0 Å². The third-order valence-corrected chi connectivity index (χ3v) is 3.60. The Kier molecular flexibility index (Phi) is 2.94. The Morgan fingerprint density at radius 2 is 2.07 bits per heavy atom. The number of hydrogen-bond donors (Lipinski definition) is 1. The first-order valence-corrected chi connectivity index (χ1v) is 5.69. The van der Waals surface area contributed by atoms with Gasteiger partial charge in [-0.3, -0.25) is 10.1 Å². The van der Waals surface area contributed by atoms with Gasteiger partial charge in [0.25, 0.3) is 0 Å². The highest BCUT2D eigenvalue weighted by Crippen LogP contribution is 2.21. The van der Waals surface area contributed by atoms with Crippen LogP contribution in [0.4, 0.5) is 5.69 Å². The lowest BCUT2D eigenvalue weighted by molar-refractivity contribution is -0.458. The van der Waals surface area contributed by atoms with Gasteiger partial charge in [-0.05, 0) is 24.6 Å². The van der Waals surface area contributed by atoms with Crippen LogP contribution in [0.25, 0.3) is 0 Å². The van der Waals surface area contributed by atoms with Crippen LogP contribution in [0.1, 0.15) is 5.56 Å². The van der Waals surface area contributed by atoms with E-state index in [9.17, 15) is 18.5 Å². The molecule has 0 heterocycles. The number of nitrogens with two attached hydrogens (primary N) is 1. The molecule has 1 rings (SSSR count). The predicted molar refractivity (Wildman–Crippen MR) is 54.6 cm³/mol. The van der Waals surface area contributed by atoms with Gasteiger partial charge in [0.05, 0.1) is 4.90 Å². The molecule has 0 aliphatic rings. The molecule has 0 unspecified atom stereocenters. The first-order valence-electron chi connectivity index (χ1n) is 4.04. The Morgan fingerprint density at radius 1 is 1.47 bits per heavy atom. The number of benzene rings is 1. The maximum absolute atomic E-state index is 11.5. The Balaban J connectivity index is 3.28. The summed E-state index contributed by atoms with van der Waals surface area (Å²) in [4.78, 5) is 9.22. The number of nitrogen functional groups attached to an aromatic ring is 1. The molecule has 0 aliphatic carbocycles. The third-order valence-electron chi connectivity index (χ3n) is 1.94. The van der Waals surface area contributed by atoms with Crippen molar-refractivity contribution in [2.24, 2.45) is 0 Å². The van der Waals surface area contributed by atoms with Crippen molar-refractivity contribution in [2.75, 3.05) is 11.6 Å². The molecule has 0 aromatic heterocycles. The fourth-order valence-corrected chi connectivity index (χ4v) is 2.46. The number of nitrogens with zero attached hydrogens (tertiary/aromatic N) is 1. The number of sulfone groups is 1. The fraction of sp³-hybridized carbons (Fsp3) is 0.250. The fourth-order valence-electron chi connectivity index (χ4n) is 1.18. The molecule has 7 heteroatoms. The molecule has 1 aromatic rings. The molecule has 0 amide bonds. The van der Waals surface area contributed by atoms with Crippen LogP contribution in [0, 0.1) is 17.0 Å². The maximum Gasteiger partial charge on any atom is 0.305 e. The SMILES string of the molecule is Cc1c(N)cccc1S(=O)(=O)C[N+](=O)[O-]. The van der Waals surface area contributed by atoms with E-state index in [0.717, 1.165) is 0 Å². The van der Waals surface area contributed by atoms with E-state index < -0.39 is 20.6 Å². The summed E-state index contributed by atoms with van der Waals surface area (Å²) in [5.74, 6) is -1.11. The van der Waals surface area contributed by atoms with E-state index in [0.29, 0.717) is 11.3 Å². The van der Waals surface area contributed by atoms with Gasteiger partial charge in [-0.25, -0.2) is 8.42 Å². The maximum atomic E-state index is 11.5. The van der Waals surface area contributed by atoms with Crippen molar-refractivity contribution in [3.63, 3.8) is 0 Å². The van der Waals surface area contributed by atoms with Crippen LogP contribution in [0.5, 0.6) is 0 Å². The highest BCUT2D eigenvalue weighted by Gasteiger charge is 2.23. The van der Waals surface area contributed by atoms with Crippen molar-refractivity contribution in [1.29, 1.82) is 0 Å². The van der Waals surface area contributed by atoms with Crippen LogP contribution in [-0.4, -0.2) is 19.2 Å². The minimum atomic E-state index is -3.89. The molecule has 0 aliphatic heterocycles. The van der Waals surface area contributed by atoms with E-state index in [4.69, 9.17) is 5.73 Å². The molecule has 0 atom stereocenters. The molecule has 0 spiro atoms. The Bertz CT molecular complexity index is 495. The zero-order valence-electron chi connectivity index (χ0n) is 8.00. The van der Waals surface area contributed by atoms with Gasteiger partial charge in [0.2, 0.25) is 9.84 Å². The van der Waals surface area contributed by atoms with Crippen molar-refractivity contribution in [3.8, 4) is 0 Å². The minimum Gasteiger partial charge on any atom is -0.398 e. The van der Waals surface area contributed by atoms with Crippen molar-refractivity contribution < 1.29 is 13.3 Å². The molecule has 15 heavy (non-hydrogen) atoms. The molecule has 2 N–H and O–H groups in total. The Hall–Kier alpha value is -1.63. The van der Waals surface area contributed by atoms with Gasteiger partial charge in [-0.15, -0.1) is 0 Å². The monoisotopic (exact) mass is 230 g/mol. The molecule has 0 saturated carbocycles. The van der Waals surface area contributed by atoms with Crippen LogP contribution in [0.15, 0.2) is 23.1 Å². The van der Waals surface area contributed by atoms with Crippen molar-refractivity contribution in [1.82, 2.24) is 0 Å². The molecular weight excluding hydrogens is 220 g/mol. The van der Waals surface area contributed by atoms with E-state index in [-0.39, 0.29) is 4.90 Å². The van der Waals surface area contributed by atoms with Gasteiger partial charge in [0.1, 0.15) is 0 Å². The second-order valence-corrected chi connectivity index (χ2v) is 4.97. The summed E-state index contributed by atoms with van der Waals surface area (Å²) >= 11 is 0. The smallest absolute Gasteiger partial charge is 0.305 e.